The molecule has 0 aliphatic carbocycles. The lowest BCUT2D eigenvalue weighted by Gasteiger charge is -2.37. The zero-order chi connectivity index (χ0) is 14.3. The highest BCUT2D eigenvalue weighted by atomic mass is 16.4. The first kappa shape index (κ1) is 13.0. The molecule has 2 aliphatic heterocycles. The normalized spacial score (nSPS) is 25.8. The van der Waals surface area contributed by atoms with Crippen LogP contribution in [-0.4, -0.2) is 48.1 Å². The molecule has 1 aromatic rings. The number of rotatable bonds is 2. The van der Waals surface area contributed by atoms with Crippen molar-refractivity contribution in [3.63, 3.8) is 0 Å². The molecule has 2 atom stereocenters. The predicted molar refractivity (Wildman–Crippen MR) is 74.7 cm³/mol. The first-order valence-electron chi connectivity index (χ1n) is 6.90. The van der Waals surface area contributed by atoms with Gasteiger partial charge in [0, 0.05) is 25.8 Å². The van der Waals surface area contributed by atoms with Crippen LogP contribution in [0.25, 0.3) is 0 Å². The van der Waals surface area contributed by atoms with Gasteiger partial charge in [0.1, 0.15) is 6.04 Å². The van der Waals surface area contributed by atoms with Gasteiger partial charge in [-0.15, -0.1) is 0 Å². The van der Waals surface area contributed by atoms with Crippen molar-refractivity contribution in [1.29, 1.82) is 0 Å². The maximum atomic E-state index is 12.2. The minimum absolute atomic E-state index is 0.0887. The van der Waals surface area contributed by atoms with Crippen molar-refractivity contribution in [2.45, 2.75) is 18.9 Å². The van der Waals surface area contributed by atoms with Crippen LogP contribution in [0.3, 0.4) is 0 Å². The van der Waals surface area contributed by atoms with E-state index >= 15 is 0 Å². The van der Waals surface area contributed by atoms with Gasteiger partial charge in [0.2, 0.25) is 5.91 Å². The van der Waals surface area contributed by atoms with E-state index in [2.05, 4.69) is 0 Å². The van der Waals surface area contributed by atoms with Gasteiger partial charge in [0.15, 0.2) is 0 Å². The number of likely N-dealkylation sites (N-methyl/N-ethyl adjacent to an activating group) is 1. The SMILES string of the molecule is CN1CCC(N2CC(C(=O)O)Cc3ccccc32)C1=O. The molecule has 1 aromatic carbocycles. The second kappa shape index (κ2) is 4.81. The number of carbonyl (C=O) groups is 2. The van der Waals surface area contributed by atoms with E-state index in [1.807, 2.05) is 29.2 Å². The van der Waals surface area contributed by atoms with Gasteiger partial charge in [-0.2, -0.15) is 0 Å². The fourth-order valence-electron chi connectivity index (χ4n) is 3.18. The van der Waals surface area contributed by atoms with Gasteiger partial charge in [-0.1, -0.05) is 18.2 Å². The summed E-state index contributed by atoms with van der Waals surface area (Å²) in [6.45, 7) is 1.15. The average Bonchev–Trinajstić information content (AvgIpc) is 2.78. The third-order valence-corrected chi connectivity index (χ3v) is 4.31. The van der Waals surface area contributed by atoms with Crippen molar-refractivity contribution in [2.75, 3.05) is 25.0 Å². The molecule has 5 heteroatoms. The van der Waals surface area contributed by atoms with Gasteiger partial charge in [0.25, 0.3) is 0 Å². The minimum atomic E-state index is -0.789. The Balaban J connectivity index is 1.97. The van der Waals surface area contributed by atoms with Crippen LogP contribution in [0.5, 0.6) is 0 Å². The second-order valence-electron chi connectivity index (χ2n) is 5.58. The Hall–Kier alpha value is -2.04. The lowest BCUT2D eigenvalue weighted by molar-refractivity contribution is -0.141. The van der Waals surface area contributed by atoms with Crippen LogP contribution in [0.15, 0.2) is 24.3 Å². The smallest absolute Gasteiger partial charge is 0.308 e. The van der Waals surface area contributed by atoms with Gasteiger partial charge in [-0.05, 0) is 24.5 Å². The van der Waals surface area contributed by atoms with Crippen molar-refractivity contribution in [1.82, 2.24) is 4.90 Å². The third-order valence-electron chi connectivity index (χ3n) is 4.31. The largest absolute Gasteiger partial charge is 0.481 e. The Kier molecular flexibility index (Phi) is 3.12. The van der Waals surface area contributed by atoms with Crippen LogP contribution in [0.2, 0.25) is 0 Å². The maximum Gasteiger partial charge on any atom is 0.308 e. The molecule has 1 saturated heterocycles. The summed E-state index contributed by atoms with van der Waals surface area (Å²) >= 11 is 0. The quantitative estimate of drug-likeness (QED) is 0.873. The molecule has 20 heavy (non-hydrogen) atoms. The number of hydrogen-bond donors (Lipinski definition) is 1. The molecule has 2 aliphatic rings. The lowest BCUT2D eigenvalue weighted by atomic mass is 9.91. The molecule has 0 aromatic heterocycles. The van der Waals surface area contributed by atoms with Crippen molar-refractivity contribution in [3.05, 3.63) is 29.8 Å². The maximum absolute atomic E-state index is 12.2. The highest BCUT2D eigenvalue weighted by molar-refractivity contribution is 5.88. The van der Waals surface area contributed by atoms with Crippen molar-refractivity contribution in [2.24, 2.45) is 5.92 Å². The Morgan fingerprint density at radius 2 is 2.10 bits per heavy atom. The van der Waals surface area contributed by atoms with Crippen molar-refractivity contribution < 1.29 is 14.7 Å². The molecule has 1 N–H and O–H groups in total. The van der Waals surface area contributed by atoms with Gasteiger partial charge in [0.05, 0.1) is 5.92 Å². The summed E-state index contributed by atoms with van der Waals surface area (Å²) in [7, 11) is 1.80. The number of likely N-dealkylation sites (tertiary alicyclic amines) is 1. The summed E-state index contributed by atoms with van der Waals surface area (Å²) in [5.41, 5.74) is 2.03. The Morgan fingerprint density at radius 1 is 1.35 bits per heavy atom. The molecule has 106 valence electrons. The zero-order valence-corrected chi connectivity index (χ0v) is 11.5. The Labute approximate surface area is 117 Å². The van der Waals surface area contributed by atoms with Gasteiger partial charge in [-0.25, -0.2) is 0 Å². The fourth-order valence-corrected chi connectivity index (χ4v) is 3.18. The summed E-state index contributed by atoms with van der Waals surface area (Å²) < 4.78 is 0. The molecule has 1 fully saturated rings. The highest BCUT2D eigenvalue weighted by Gasteiger charge is 2.39. The monoisotopic (exact) mass is 274 g/mol. The first-order valence-corrected chi connectivity index (χ1v) is 6.90. The number of nitrogens with zero attached hydrogens (tertiary/aromatic N) is 2. The average molecular weight is 274 g/mol. The highest BCUT2D eigenvalue weighted by Crippen LogP contribution is 2.33. The minimum Gasteiger partial charge on any atom is -0.481 e. The van der Waals surface area contributed by atoms with Gasteiger partial charge in [-0.3, -0.25) is 9.59 Å². The molecular formula is C15H18N2O3. The summed E-state index contributed by atoms with van der Waals surface area (Å²) in [5, 5.41) is 9.32. The molecule has 1 amide bonds. The first-order chi connectivity index (χ1) is 9.58. The second-order valence-corrected chi connectivity index (χ2v) is 5.58. The zero-order valence-electron chi connectivity index (χ0n) is 11.5. The van der Waals surface area contributed by atoms with E-state index in [9.17, 15) is 14.7 Å². The van der Waals surface area contributed by atoms with Crippen LogP contribution >= 0.6 is 0 Å². The number of carboxylic acids is 1. The molecule has 3 rings (SSSR count). The summed E-state index contributed by atoms with van der Waals surface area (Å²) in [6.07, 6.45) is 1.30. The van der Waals surface area contributed by atoms with Crippen LogP contribution in [0, 0.1) is 5.92 Å². The number of hydrogen-bond acceptors (Lipinski definition) is 3. The number of fused-ring (bicyclic) bond motifs is 1. The summed E-state index contributed by atoms with van der Waals surface area (Å²) in [5.74, 6) is -1.14. The van der Waals surface area contributed by atoms with Gasteiger partial charge < -0.3 is 14.9 Å². The number of amides is 1. The molecule has 5 nitrogen and oxygen atoms in total. The van der Waals surface area contributed by atoms with Crippen LogP contribution in [0.4, 0.5) is 5.69 Å². The number of benzene rings is 1. The van der Waals surface area contributed by atoms with E-state index in [0.29, 0.717) is 13.0 Å². The molecule has 0 saturated carbocycles. The number of anilines is 1. The van der Waals surface area contributed by atoms with Gasteiger partial charge >= 0.3 is 5.97 Å². The van der Waals surface area contributed by atoms with Crippen molar-refractivity contribution >= 4 is 17.6 Å². The summed E-state index contributed by atoms with van der Waals surface area (Å²) in [6, 6.07) is 7.59. The molecule has 0 bridgehead atoms. The number of carbonyl (C=O) groups excluding carboxylic acids is 1. The topological polar surface area (TPSA) is 60.9 Å². The standard InChI is InChI=1S/C15H18N2O3/c1-16-7-6-13(14(16)18)17-9-11(15(19)20)8-10-4-2-3-5-12(10)17/h2-5,11,13H,6-9H2,1H3,(H,19,20). The molecule has 2 heterocycles. The van der Waals surface area contributed by atoms with E-state index in [-0.39, 0.29) is 11.9 Å². The number of para-hydroxylation sites is 1. The molecule has 0 radical (unpaired) electrons. The van der Waals surface area contributed by atoms with Crippen LogP contribution < -0.4 is 4.90 Å². The number of aliphatic carboxylic acids is 1. The van der Waals surface area contributed by atoms with E-state index in [0.717, 1.165) is 24.2 Å². The summed E-state index contributed by atoms with van der Waals surface area (Å²) in [4.78, 5) is 27.3. The third kappa shape index (κ3) is 2.03. The van der Waals surface area contributed by atoms with E-state index < -0.39 is 11.9 Å². The molecule has 0 spiro atoms. The molecular weight excluding hydrogens is 256 g/mol. The lowest BCUT2D eigenvalue weighted by Crippen LogP contribution is -2.48. The fraction of sp³-hybridized carbons (Fsp3) is 0.467. The predicted octanol–water partition coefficient (Wildman–Crippen LogP) is 0.981. The van der Waals surface area contributed by atoms with E-state index in [4.69, 9.17) is 0 Å². The Bertz CT molecular complexity index is 558. The van der Waals surface area contributed by atoms with Crippen LogP contribution in [-0.2, 0) is 16.0 Å². The van der Waals surface area contributed by atoms with E-state index in [1.165, 1.54) is 0 Å². The van der Waals surface area contributed by atoms with E-state index in [1.54, 1.807) is 11.9 Å². The molecule has 2 unspecified atom stereocenters. The Morgan fingerprint density at radius 3 is 2.75 bits per heavy atom. The number of carboxylic acid groups (broad SMARTS) is 1. The van der Waals surface area contributed by atoms with Crippen molar-refractivity contribution in [3.8, 4) is 0 Å². The van der Waals surface area contributed by atoms with Crippen LogP contribution in [0.1, 0.15) is 12.0 Å².